The molecular weight excluding hydrogens is 398 g/mol. The second kappa shape index (κ2) is 6.78. The summed E-state index contributed by atoms with van der Waals surface area (Å²) in [6.45, 7) is 0. The number of allylic oxidation sites excluding steroid dienone is 1. The molecule has 0 amide bonds. The smallest absolute Gasteiger partial charge is 0.228 e. The van der Waals surface area contributed by atoms with Crippen molar-refractivity contribution in [3.63, 3.8) is 0 Å². The summed E-state index contributed by atoms with van der Waals surface area (Å²) in [7, 11) is 0. The lowest BCUT2D eigenvalue weighted by Crippen LogP contribution is -1.92. The van der Waals surface area contributed by atoms with Crippen molar-refractivity contribution in [1.82, 2.24) is 25.6 Å². The lowest BCUT2D eigenvalue weighted by molar-refractivity contribution is 0.619. The van der Waals surface area contributed by atoms with Gasteiger partial charge < -0.3 is 9.73 Å². The molecule has 0 aliphatic rings. The van der Waals surface area contributed by atoms with Crippen LogP contribution in [-0.4, -0.2) is 25.6 Å². The quantitative estimate of drug-likeness (QED) is 0.494. The number of halogens is 1. The number of benzene rings is 2. The first-order valence-electron chi connectivity index (χ1n) is 7.51. The molecule has 2 heterocycles. The summed E-state index contributed by atoms with van der Waals surface area (Å²) in [6, 6.07) is 15.2. The Morgan fingerprint density at radius 1 is 1.27 bits per heavy atom. The summed E-state index contributed by atoms with van der Waals surface area (Å²) in [5.41, 5.74) is 3.26. The normalized spacial score (nSPS) is 11.5. The molecule has 0 aliphatic heterocycles. The van der Waals surface area contributed by atoms with Crippen molar-refractivity contribution in [3.8, 4) is 17.5 Å². The van der Waals surface area contributed by atoms with Gasteiger partial charge in [-0.25, -0.2) is 4.98 Å². The summed E-state index contributed by atoms with van der Waals surface area (Å²) in [4.78, 5) is 4.54. The minimum Gasteiger partial charge on any atom is -0.436 e. The number of anilines is 1. The zero-order valence-electron chi connectivity index (χ0n) is 13.1. The molecule has 2 N–H and O–H groups in total. The average molecular weight is 408 g/mol. The highest BCUT2D eigenvalue weighted by molar-refractivity contribution is 9.10. The van der Waals surface area contributed by atoms with Crippen molar-refractivity contribution in [2.75, 3.05) is 5.32 Å². The molecule has 4 aromatic rings. The fraction of sp³-hybridized carbons (Fsp3) is 0. The van der Waals surface area contributed by atoms with Gasteiger partial charge in [0.2, 0.25) is 11.7 Å². The SMILES string of the molecule is N#CC(=CNc1ccc2oc(-c3ccccc3Br)nc2c1)c1nn[nH]n1. The third-order valence-electron chi connectivity index (χ3n) is 3.58. The van der Waals surface area contributed by atoms with Crippen LogP contribution in [0.3, 0.4) is 0 Å². The maximum Gasteiger partial charge on any atom is 0.228 e. The average Bonchev–Trinajstić information content (AvgIpc) is 3.32. The van der Waals surface area contributed by atoms with Crippen molar-refractivity contribution in [3.05, 3.63) is 59.0 Å². The number of H-pyrrole nitrogens is 1. The van der Waals surface area contributed by atoms with Gasteiger partial charge in [0.25, 0.3) is 0 Å². The number of aromatic amines is 1. The van der Waals surface area contributed by atoms with Crippen LogP contribution in [0, 0.1) is 11.3 Å². The monoisotopic (exact) mass is 407 g/mol. The van der Waals surface area contributed by atoms with Crippen LogP contribution in [0.2, 0.25) is 0 Å². The highest BCUT2D eigenvalue weighted by Crippen LogP contribution is 2.30. The number of nitrogens with zero attached hydrogens (tertiary/aromatic N) is 5. The van der Waals surface area contributed by atoms with Crippen molar-refractivity contribution in [2.24, 2.45) is 0 Å². The second-order valence-corrected chi connectivity index (χ2v) is 6.09. The van der Waals surface area contributed by atoms with Crippen molar-refractivity contribution in [2.45, 2.75) is 0 Å². The maximum atomic E-state index is 9.19. The van der Waals surface area contributed by atoms with Crippen molar-refractivity contribution in [1.29, 1.82) is 5.26 Å². The van der Waals surface area contributed by atoms with E-state index >= 15 is 0 Å². The van der Waals surface area contributed by atoms with E-state index in [1.54, 1.807) is 0 Å². The number of fused-ring (bicyclic) bond motifs is 1. The standard InChI is InChI=1S/C17H10BrN7O/c18-13-4-2-1-3-12(13)17-21-14-7-11(5-6-15(14)26-17)20-9-10(8-19)16-22-24-25-23-16/h1-7,9,20H,(H,22,23,24,25). The van der Waals surface area contributed by atoms with Crippen LogP contribution in [0.1, 0.15) is 5.82 Å². The van der Waals surface area contributed by atoms with Gasteiger partial charge >= 0.3 is 0 Å². The van der Waals surface area contributed by atoms with E-state index in [1.165, 1.54) is 6.20 Å². The Morgan fingerprint density at radius 2 is 2.15 bits per heavy atom. The van der Waals surface area contributed by atoms with Gasteiger partial charge in [-0.2, -0.15) is 10.5 Å². The van der Waals surface area contributed by atoms with Gasteiger partial charge in [0.05, 0.1) is 5.56 Å². The van der Waals surface area contributed by atoms with Crippen LogP contribution in [0.5, 0.6) is 0 Å². The van der Waals surface area contributed by atoms with Gasteiger partial charge in [-0.05, 0) is 51.5 Å². The summed E-state index contributed by atoms with van der Waals surface area (Å²) in [6.07, 6.45) is 1.51. The van der Waals surface area contributed by atoms with Gasteiger partial charge in [-0.1, -0.05) is 12.1 Å². The molecule has 0 saturated heterocycles. The fourth-order valence-electron chi connectivity index (χ4n) is 2.35. The van der Waals surface area contributed by atoms with Crippen LogP contribution >= 0.6 is 15.9 Å². The molecule has 0 bridgehead atoms. The Labute approximate surface area is 155 Å². The summed E-state index contributed by atoms with van der Waals surface area (Å²) in [5.74, 6) is 0.753. The number of hydrogen-bond donors (Lipinski definition) is 2. The highest BCUT2D eigenvalue weighted by atomic mass is 79.9. The number of tetrazole rings is 1. The van der Waals surface area contributed by atoms with Crippen LogP contribution in [0.4, 0.5) is 5.69 Å². The molecule has 0 unspecified atom stereocenters. The van der Waals surface area contributed by atoms with Crippen LogP contribution in [0.25, 0.3) is 28.1 Å². The molecule has 0 atom stereocenters. The van der Waals surface area contributed by atoms with E-state index in [1.807, 2.05) is 48.5 Å². The number of aromatic nitrogens is 5. The predicted molar refractivity (Wildman–Crippen MR) is 98.5 cm³/mol. The molecule has 0 fully saturated rings. The molecule has 26 heavy (non-hydrogen) atoms. The van der Waals surface area contributed by atoms with E-state index in [4.69, 9.17) is 4.42 Å². The molecule has 0 spiro atoms. The van der Waals surface area contributed by atoms with E-state index in [0.29, 0.717) is 17.0 Å². The molecule has 2 aromatic heterocycles. The number of hydrogen-bond acceptors (Lipinski definition) is 7. The number of rotatable bonds is 4. The van der Waals surface area contributed by atoms with Gasteiger partial charge in [-0.3, -0.25) is 0 Å². The second-order valence-electron chi connectivity index (χ2n) is 5.23. The van der Waals surface area contributed by atoms with Crippen molar-refractivity contribution < 1.29 is 4.42 Å². The highest BCUT2D eigenvalue weighted by Gasteiger charge is 2.11. The topological polar surface area (TPSA) is 116 Å². The first kappa shape index (κ1) is 16.0. The largest absolute Gasteiger partial charge is 0.436 e. The molecule has 9 heteroatoms. The molecule has 0 radical (unpaired) electrons. The van der Waals surface area contributed by atoms with Crippen LogP contribution < -0.4 is 5.32 Å². The Morgan fingerprint density at radius 3 is 2.92 bits per heavy atom. The molecule has 0 saturated carbocycles. The molecular formula is C17H10BrN7O. The van der Waals surface area contributed by atoms with E-state index in [-0.39, 0.29) is 11.4 Å². The van der Waals surface area contributed by atoms with Gasteiger partial charge in [0, 0.05) is 16.4 Å². The Bertz CT molecular complexity index is 1140. The van der Waals surface area contributed by atoms with Gasteiger partial charge in [-0.15, -0.1) is 10.2 Å². The van der Waals surface area contributed by atoms with Crippen LogP contribution in [0.15, 0.2) is 57.6 Å². The Kier molecular flexibility index (Phi) is 4.17. The van der Waals surface area contributed by atoms with E-state index in [2.05, 4.69) is 46.9 Å². The number of nitrogens with one attached hydrogen (secondary N) is 2. The van der Waals surface area contributed by atoms with E-state index < -0.39 is 0 Å². The molecule has 8 nitrogen and oxygen atoms in total. The Hall–Kier alpha value is -3.51. The fourth-order valence-corrected chi connectivity index (χ4v) is 2.80. The van der Waals surface area contributed by atoms with E-state index in [0.717, 1.165) is 15.7 Å². The molecule has 4 rings (SSSR count). The van der Waals surface area contributed by atoms with Crippen molar-refractivity contribution >= 4 is 38.3 Å². The number of oxazole rings is 1. The lowest BCUT2D eigenvalue weighted by Gasteiger charge is -2.00. The molecule has 126 valence electrons. The Balaban J connectivity index is 1.64. The molecule has 0 aliphatic carbocycles. The minimum absolute atomic E-state index is 0.221. The minimum atomic E-state index is 0.221. The van der Waals surface area contributed by atoms with Gasteiger partial charge in [0.1, 0.15) is 17.2 Å². The summed E-state index contributed by atoms with van der Waals surface area (Å²) < 4.78 is 6.74. The van der Waals surface area contributed by atoms with Crippen LogP contribution in [-0.2, 0) is 0 Å². The summed E-state index contributed by atoms with van der Waals surface area (Å²) >= 11 is 3.50. The third-order valence-corrected chi connectivity index (χ3v) is 4.27. The van der Waals surface area contributed by atoms with E-state index in [9.17, 15) is 5.26 Å². The first-order chi connectivity index (χ1) is 12.7. The van der Waals surface area contributed by atoms with Gasteiger partial charge in [0.15, 0.2) is 5.58 Å². The zero-order valence-corrected chi connectivity index (χ0v) is 14.7. The third kappa shape index (κ3) is 3.05. The molecule has 2 aromatic carbocycles. The maximum absolute atomic E-state index is 9.19. The zero-order chi connectivity index (χ0) is 17.9. The number of nitriles is 1. The summed E-state index contributed by atoms with van der Waals surface area (Å²) in [5, 5.41) is 25.6. The first-order valence-corrected chi connectivity index (χ1v) is 8.30. The predicted octanol–water partition coefficient (Wildman–Crippen LogP) is 3.75. The lowest BCUT2D eigenvalue weighted by atomic mass is 10.2.